The molecule has 0 aliphatic carbocycles. The van der Waals surface area contributed by atoms with E-state index >= 15 is 0 Å². The molecule has 0 N–H and O–H groups in total. The zero-order valence-corrected chi connectivity index (χ0v) is 11.7. The van der Waals surface area contributed by atoms with Crippen LogP contribution in [0.25, 0.3) is 0 Å². The van der Waals surface area contributed by atoms with E-state index in [1.54, 1.807) is 0 Å². The largest absolute Gasteiger partial charge is 0.646 e. The molecule has 0 radical (unpaired) electrons. The molecule has 0 amide bonds. The Morgan fingerprint density at radius 1 is 0.682 bits per heavy atom. The SMILES string of the molecule is C=CC(=O)OCOB(OCOC(=O)C=C)OCOC(=O)C=C. The molecule has 0 fully saturated rings. The fraction of sp³-hybridized carbons (Fsp3) is 0.250. The Balaban J connectivity index is 4.16. The highest BCUT2D eigenvalue weighted by molar-refractivity contribution is 6.36. The molecule has 120 valence electrons. The molecule has 9 nitrogen and oxygen atoms in total. The van der Waals surface area contributed by atoms with Crippen molar-refractivity contribution in [2.45, 2.75) is 0 Å². The van der Waals surface area contributed by atoms with E-state index in [0.29, 0.717) is 0 Å². The quantitative estimate of drug-likeness (QED) is 0.163. The molecule has 0 aliphatic rings. The maximum Gasteiger partial charge on any atom is 0.646 e. The van der Waals surface area contributed by atoms with Gasteiger partial charge in [0.1, 0.15) is 0 Å². The Kier molecular flexibility index (Phi) is 11.0. The van der Waals surface area contributed by atoms with Crippen LogP contribution in [0.5, 0.6) is 0 Å². The summed E-state index contributed by atoms with van der Waals surface area (Å²) in [4.78, 5) is 32.4. The highest BCUT2D eigenvalue weighted by atomic mass is 16.8. The van der Waals surface area contributed by atoms with Crippen LogP contribution in [-0.4, -0.2) is 45.6 Å². The summed E-state index contributed by atoms with van der Waals surface area (Å²) in [5.74, 6) is -2.18. The van der Waals surface area contributed by atoms with E-state index in [9.17, 15) is 14.4 Å². The minimum atomic E-state index is -1.42. The summed E-state index contributed by atoms with van der Waals surface area (Å²) >= 11 is 0. The number of rotatable bonds is 12. The summed E-state index contributed by atoms with van der Waals surface area (Å²) < 4.78 is 28.2. The van der Waals surface area contributed by atoms with Gasteiger partial charge in [0, 0.05) is 18.2 Å². The van der Waals surface area contributed by atoms with Crippen LogP contribution < -0.4 is 0 Å². The molecule has 0 aromatic carbocycles. The Morgan fingerprint density at radius 2 is 0.955 bits per heavy atom. The first-order valence-corrected chi connectivity index (χ1v) is 5.75. The van der Waals surface area contributed by atoms with E-state index in [0.717, 1.165) is 18.2 Å². The highest BCUT2D eigenvalue weighted by Crippen LogP contribution is 1.96. The molecular formula is C12H15BO9. The lowest BCUT2D eigenvalue weighted by Gasteiger charge is -2.14. The number of carbonyl (C=O) groups is 3. The molecule has 10 heteroatoms. The van der Waals surface area contributed by atoms with Gasteiger partial charge in [0.15, 0.2) is 20.4 Å². The van der Waals surface area contributed by atoms with E-state index in [1.165, 1.54) is 0 Å². The predicted molar refractivity (Wildman–Crippen MR) is 72.5 cm³/mol. The Bertz CT molecular complexity index is 359. The lowest BCUT2D eigenvalue weighted by Crippen LogP contribution is -2.31. The summed E-state index contributed by atoms with van der Waals surface area (Å²) in [5.41, 5.74) is 0. The minimum Gasteiger partial charge on any atom is -0.437 e. The lowest BCUT2D eigenvalue weighted by atomic mass is 10.2. The monoisotopic (exact) mass is 314 g/mol. The topological polar surface area (TPSA) is 107 Å². The van der Waals surface area contributed by atoms with Gasteiger partial charge < -0.3 is 28.2 Å². The number of hydrogen-bond acceptors (Lipinski definition) is 9. The summed E-state index contributed by atoms with van der Waals surface area (Å²) in [6.45, 7) is 7.98. The van der Waals surface area contributed by atoms with E-state index in [4.69, 9.17) is 14.0 Å². The number of carbonyl (C=O) groups excluding carboxylic acids is 3. The molecule has 0 unspecified atom stereocenters. The Labute approximate surface area is 127 Å². The maximum atomic E-state index is 10.8. The molecule has 0 saturated carbocycles. The molecule has 0 aromatic heterocycles. The third-order valence-electron chi connectivity index (χ3n) is 1.72. The minimum absolute atomic E-state index is 0.527. The molecule has 0 aromatic rings. The van der Waals surface area contributed by atoms with Gasteiger partial charge in [0.05, 0.1) is 0 Å². The molecule has 0 atom stereocenters. The zero-order valence-electron chi connectivity index (χ0n) is 11.7. The fourth-order valence-electron chi connectivity index (χ4n) is 0.764. The summed E-state index contributed by atoms with van der Waals surface area (Å²) in [5, 5.41) is 0. The van der Waals surface area contributed by atoms with Crippen LogP contribution in [0.4, 0.5) is 0 Å². The molecular weight excluding hydrogens is 299 g/mol. The van der Waals surface area contributed by atoms with Gasteiger partial charge in [-0.25, -0.2) is 14.4 Å². The van der Waals surface area contributed by atoms with Gasteiger partial charge in [-0.3, -0.25) is 0 Å². The summed E-state index contributed by atoms with van der Waals surface area (Å²) in [6.07, 6.45) is 2.79. The van der Waals surface area contributed by atoms with Crippen LogP contribution in [0.2, 0.25) is 0 Å². The van der Waals surface area contributed by atoms with Crippen molar-refractivity contribution in [1.82, 2.24) is 0 Å². The first-order valence-electron chi connectivity index (χ1n) is 5.75. The normalized spacial score (nSPS) is 9.27. The second-order valence-electron chi connectivity index (χ2n) is 3.14. The maximum absolute atomic E-state index is 10.8. The van der Waals surface area contributed by atoms with Crippen LogP contribution in [0, 0.1) is 0 Å². The smallest absolute Gasteiger partial charge is 0.437 e. The van der Waals surface area contributed by atoms with Crippen molar-refractivity contribution in [3.8, 4) is 0 Å². The van der Waals surface area contributed by atoms with Crippen molar-refractivity contribution < 1.29 is 42.6 Å². The van der Waals surface area contributed by atoms with Gasteiger partial charge in [-0.2, -0.15) is 0 Å². The molecule has 0 saturated heterocycles. The van der Waals surface area contributed by atoms with Crippen molar-refractivity contribution in [3.63, 3.8) is 0 Å². The van der Waals surface area contributed by atoms with Crippen LogP contribution in [0.15, 0.2) is 38.0 Å². The lowest BCUT2D eigenvalue weighted by molar-refractivity contribution is -0.153. The average Bonchev–Trinajstić information content (AvgIpc) is 2.53. The van der Waals surface area contributed by atoms with E-state index in [2.05, 4.69) is 33.9 Å². The van der Waals surface area contributed by atoms with Crippen molar-refractivity contribution in [1.29, 1.82) is 0 Å². The number of ether oxygens (including phenoxy) is 3. The predicted octanol–water partition coefficient (Wildman–Crippen LogP) is 0.0812. The van der Waals surface area contributed by atoms with Gasteiger partial charge in [-0.05, 0) is 0 Å². The second-order valence-corrected chi connectivity index (χ2v) is 3.14. The molecule has 22 heavy (non-hydrogen) atoms. The van der Waals surface area contributed by atoms with Gasteiger partial charge in [0.2, 0.25) is 0 Å². The third-order valence-corrected chi connectivity index (χ3v) is 1.72. The molecule has 0 spiro atoms. The molecule has 0 rings (SSSR count). The van der Waals surface area contributed by atoms with Crippen molar-refractivity contribution in [2.24, 2.45) is 0 Å². The third kappa shape index (κ3) is 10.4. The van der Waals surface area contributed by atoms with Crippen LogP contribution in [0.1, 0.15) is 0 Å². The molecule has 0 aliphatic heterocycles. The van der Waals surface area contributed by atoms with Crippen LogP contribution in [0.3, 0.4) is 0 Å². The van der Waals surface area contributed by atoms with Gasteiger partial charge in [0.25, 0.3) is 0 Å². The molecule has 0 bridgehead atoms. The van der Waals surface area contributed by atoms with Gasteiger partial charge >= 0.3 is 25.2 Å². The van der Waals surface area contributed by atoms with E-state index in [-0.39, 0.29) is 0 Å². The Hall–Kier alpha value is -2.43. The standard InChI is InChI=1S/C12H15BO9/c1-4-10(14)17-7-20-13(21-8-18-11(15)5-2)22-9-19-12(16)6-3/h4-6H,1-3,7-9H2. The van der Waals surface area contributed by atoms with Gasteiger partial charge in [-0.1, -0.05) is 19.7 Å². The first kappa shape index (κ1) is 19.6. The summed E-state index contributed by atoms with van der Waals surface area (Å²) in [7, 11) is -1.42. The number of hydrogen-bond donors (Lipinski definition) is 0. The average molecular weight is 314 g/mol. The van der Waals surface area contributed by atoms with Crippen LogP contribution in [-0.2, 0) is 42.6 Å². The van der Waals surface area contributed by atoms with Crippen molar-refractivity contribution >= 4 is 25.2 Å². The van der Waals surface area contributed by atoms with Crippen molar-refractivity contribution in [3.05, 3.63) is 38.0 Å². The zero-order chi connectivity index (χ0) is 16.8. The fourth-order valence-corrected chi connectivity index (χ4v) is 0.764. The van der Waals surface area contributed by atoms with Crippen molar-refractivity contribution in [2.75, 3.05) is 20.4 Å². The highest BCUT2D eigenvalue weighted by Gasteiger charge is 2.23. The van der Waals surface area contributed by atoms with Crippen LogP contribution >= 0.6 is 0 Å². The Morgan fingerprint density at radius 3 is 1.18 bits per heavy atom. The first-order chi connectivity index (χ1) is 10.5. The molecule has 0 heterocycles. The van der Waals surface area contributed by atoms with Gasteiger partial charge in [-0.15, -0.1) is 0 Å². The number of esters is 3. The second kappa shape index (κ2) is 12.3. The van der Waals surface area contributed by atoms with E-state index in [1.807, 2.05) is 0 Å². The summed E-state index contributed by atoms with van der Waals surface area (Å²) in [6, 6.07) is 0. The van der Waals surface area contributed by atoms with E-state index < -0.39 is 45.6 Å².